The molecule has 1 aromatic carbocycles. The van der Waals surface area contributed by atoms with Crippen LogP contribution in [0.2, 0.25) is 0 Å². The van der Waals surface area contributed by atoms with Crippen LogP contribution in [0.15, 0.2) is 24.3 Å². The van der Waals surface area contributed by atoms with E-state index in [4.69, 9.17) is 4.74 Å². The van der Waals surface area contributed by atoms with Gasteiger partial charge in [-0.3, -0.25) is 4.79 Å². The summed E-state index contributed by atoms with van der Waals surface area (Å²) in [6.07, 6.45) is -0.503. The molecule has 134 valence electrons. The Morgan fingerprint density at radius 3 is 2.04 bits per heavy atom. The molecule has 1 aromatic rings. The van der Waals surface area contributed by atoms with Gasteiger partial charge in [-0.05, 0) is 58.9 Å². The fourth-order valence-electron chi connectivity index (χ4n) is 1.94. The van der Waals surface area contributed by atoms with Crippen molar-refractivity contribution in [2.45, 2.75) is 45.8 Å². The van der Waals surface area contributed by atoms with Crippen LogP contribution in [0.3, 0.4) is 0 Å². The van der Waals surface area contributed by atoms with Gasteiger partial charge >= 0.3 is 6.09 Å². The lowest BCUT2D eigenvalue weighted by atomic mass is 10.1. The van der Waals surface area contributed by atoms with Gasteiger partial charge in [-0.15, -0.1) is 0 Å². The van der Waals surface area contributed by atoms with Crippen molar-refractivity contribution in [1.29, 1.82) is 0 Å². The fourth-order valence-corrected chi connectivity index (χ4v) is 1.94. The first-order valence-corrected chi connectivity index (χ1v) is 7.96. The summed E-state index contributed by atoms with van der Waals surface area (Å²) >= 11 is 0. The molecule has 1 rings (SSSR count). The van der Waals surface area contributed by atoms with E-state index in [-0.39, 0.29) is 5.91 Å². The number of ether oxygens (including phenoxy) is 1. The van der Waals surface area contributed by atoms with Crippen LogP contribution in [-0.4, -0.2) is 43.8 Å². The zero-order chi connectivity index (χ0) is 18.5. The van der Waals surface area contributed by atoms with Crippen molar-refractivity contribution in [2.24, 2.45) is 0 Å². The highest BCUT2D eigenvalue weighted by Crippen LogP contribution is 2.13. The van der Waals surface area contributed by atoms with Gasteiger partial charge in [0.1, 0.15) is 5.60 Å². The second-order valence-corrected chi connectivity index (χ2v) is 7.63. The van der Waals surface area contributed by atoms with Gasteiger partial charge in [-0.2, -0.15) is 0 Å². The van der Waals surface area contributed by atoms with Crippen LogP contribution in [0.5, 0.6) is 0 Å². The molecule has 0 spiro atoms. The molecule has 0 fully saturated rings. The minimum atomic E-state index is -0.623. The molecule has 0 saturated heterocycles. The van der Waals surface area contributed by atoms with Gasteiger partial charge in [0.15, 0.2) is 0 Å². The number of nitrogens with one attached hydrogen (secondary N) is 2. The Labute approximate surface area is 144 Å². The molecule has 0 atom stereocenters. The van der Waals surface area contributed by atoms with Crippen LogP contribution in [0.4, 0.5) is 10.5 Å². The van der Waals surface area contributed by atoms with Crippen molar-refractivity contribution < 1.29 is 14.3 Å². The zero-order valence-electron chi connectivity index (χ0n) is 15.7. The van der Waals surface area contributed by atoms with E-state index < -0.39 is 17.2 Å². The number of hydrogen-bond acceptors (Lipinski definition) is 4. The summed E-state index contributed by atoms with van der Waals surface area (Å²) < 4.78 is 5.23. The van der Waals surface area contributed by atoms with E-state index in [1.54, 1.807) is 32.9 Å². The first-order chi connectivity index (χ1) is 10.9. The first-order valence-electron chi connectivity index (χ1n) is 7.96. The van der Waals surface area contributed by atoms with Gasteiger partial charge in [-0.25, -0.2) is 4.79 Å². The number of benzene rings is 1. The van der Waals surface area contributed by atoms with Crippen LogP contribution in [0.1, 0.15) is 45.0 Å². The third-order valence-electron chi connectivity index (χ3n) is 3.18. The molecule has 0 bridgehead atoms. The van der Waals surface area contributed by atoms with Gasteiger partial charge in [0.2, 0.25) is 0 Å². The Morgan fingerprint density at radius 2 is 1.58 bits per heavy atom. The minimum Gasteiger partial charge on any atom is -0.444 e. The SMILES string of the molecule is CN(C)c1ccc(C(=O)NCC(C)(C)NC(=O)OC(C)(C)C)cc1. The maximum atomic E-state index is 12.2. The lowest BCUT2D eigenvalue weighted by Crippen LogP contribution is -2.52. The topological polar surface area (TPSA) is 70.7 Å². The van der Waals surface area contributed by atoms with E-state index in [0.29, 0.717) is 12.1 Å². The molecule has 2 N–H and O–H groups in total. The minimum absolute atomic E-state index is 0.181. The van der Waals surface area contributed by atoms with Crippen molar-refractivity contribution in [2.75, 3.05) is 25.5 Å². The maximum Gasteiger partial charge on any atom is 0.408 e. The third kappa shape index (κ3) is 6.89. The molecule has 0 aromatic heterocycles. The van der Waals surface area contributed by atoms with Crippen LogP contribution >= 0.6 is 0 Å². The predicted molar refractivity (Wildman–Crippen MR) is 96.6 cm³/mol. The van der Waals surface area contributed by atoms with Gasteiger partial charge in [-0.1, -0.05) is 0 Å². The fraction of sp³-hybridized carbons (Fsp3) is 0.556. The molecule has 6 nitrogen and oxygen atoms in total. The molecular weight excluding hydrogens is 306 g/mol. The number of alkyl carbamates (subject to hydrolysis) is 1. The normalized spacial score (nSPS) is 11.6. The van der Waals surface area contributed by atoms with Gasteiger partial charge in [0, 0.05) is 31.9 Å². The van der Waals surface area contributed by atoms with Gasteiger partial charge in [0.05, 0.1) is 5.54 Å². The number of hydrogen-bond donors (Lipinski definition) is 2. The Bertz CT molecular complexity index is 572. The Hall–Kier alpha value is -2.24. The molecule has 0 aliphatic heterocycles. The highest BCUT2D eigenvalue weighted by Gasteiger charge is 2.25. The van der Waals surface area contributed by atoms with E-state index in [0.717, 1.165) is 5.69 Å². The molecule has 0 unspecified atom stereocenters. The average molecular weight is 335 g/mol. The highest BCUT2D eigenvalue weighted by atomic mass is 16.6. The predicted octanol–water partition coefficient (Wildman–Crippen LogP) is 2.79. The molecular formula is C18H29N3O3. The van der Waals surface area contributed by atoms with E-state index >= 15 is 0 Å². The van der Waals surface area contributed by atoms with Crippen LogP contribution in [0.25, 0.3) is 0 Å². The first kappa shape index (κ1) is 19.8. The standard InChI is InChI=1S/C18H29N3O3/c1-17(2,3)24-16(23)20-18(4,5)12-19-15(22)13-8-10-14(11-9-13)21(6)7/h8-11H,12H2,1-7H3,(H,19,22)(H,20,23). The van der Waals surface area contributed by atoms with Crippen LogP contribution < -0.4 is 15.5 Å². The van der Waals surface area contributed by atoms with Gasteiger partial charge in [0.25, 0.3) is 5.91 Å². The molecule has 0 heterocycles. The summed E-state index contributed by atoms with van der Waals surface area (Å²) in [4.78, 5) is 26.0. The van der Waals surface area contributed by atoms with Crippen LogP contribution in [0, 0.1) is 0 Å². The number of carbonyl (C=O) groups excluding carboxylic acids is 2. The summed E-state index contributed by atoms with van der Waals surface area (Å²) in [7, 11) is 3.89. The van der Waals surface area contributed by atoms with Crippen molar-refractivity contribution in [3.05, 3.63) is 29.8 Å². The highest BCUT2D eigenvalue weighted by molar-refractivity contribution is 5.94. The lowest BCUT2D eigenvalue weighted by Gasteiger charge is -2.28. The quantitative estimate of drug-likeness (QED) is 0.868. The van der Waals surface area contributed by atoms with E-state index in [2.05, 4.69) is 10.6 Å². The van der Waals surface area contributed by atoms with E-state index in [9.17, 15) is 9.59 Å². The van der Waals surface area contributed by atoms with Gasteiger partial charge < -0.3 is 20.3 Å². The molecule has 6 heteroatoms. The lowest BCUT2D eigenvalue weighted by molar-refractivity contribution is 0.0469. The monoisotopic (exact) mass is 335 g/mol. The smallest absolute Gasteiger partial charge is 0.408 e. The van der Waals surface area contributed by atoms with Crippen LogP contribution in [-0.2, 0) is 4.74 Å². The van der Waals surface area contributed by atoms with E-state index in [1.165, 1.54) is 0 Å². The molecule has 24 heavy (non-hydrogen) atoms. The van der Waals surface area contributed by atoms with Crippen molar-refractivity contribution >= 4 is 17.7 Å². The number of carbonyl (C=O) groups is 2. The molecule has 0 aliphatic rings. The van der Waals surface area contributed by atoms with E-state index in [1.807, 2.05) is 45.0 Å². The zero-order valence-corrected chi connectivity index (χ0v) is 15.7. The Morgan fingerprint density at radius 1 is 1.04 bits per heavy atom. The Balaban J connectivity index is 2.57. The van der Waals surface area contributed by atoms with Crippen molar-refractivity contribution in [1.82, 2.24) is 10.6 Å². The summed E-state index contributed by atoms with van der Waals surface area (Å²) in [6, 6.07) is 7.33. The van der Waals surface area contributed by atoms with Crippen molar-refractivity contribution in [3.63, 3.8) is 0 Å². The second kappa shape index (κ2) is 7.55. The molecule has 0 aliphatic carbocycles. The molecule has 0 radical (unpaired) electrons. The maximum absolute atomic E-state index is 12.2. The summed E-state index contributed by atoms with van der Waals surface area (Å²) in [6.45, 7) is 9.36. The molecule has 2 amide bonds. The number of amides is 2. The summed E-state index contributed by atoms with van der Waals surface area (Å²) in [5.41, 5.74) is 0.422. The summed E-state index contributed by atoms with van der Waals surface area (Å²) in [5.74, 6) is -0.181. The molecule has 0 saturated carbocycles. The second-order valence-electron chi connectivity index (χ2n) is 7.63. The Kier molecular flexibility index (Phi) is 6.23. The summed E-state index contributed by atoms with van der Waals surface area (Å²) in [5, 5.41) is 5.59. The third-order valence-corrected chi connectivity index (χ3v) is 3.18. The van der Waals surface area contributed by atoms with Crippen molar-refractivity contribution in [3.8, 4) is 0 Å². The number of rotatable bonds is 5. The number of nitrogens with zero attached hydrogens (tertiary/aromatic N) is 1. The largest absolute Gasteiger partial charge is 0.444 e. The number of anilines is 1. The average Bonchev–Trinajstić information content (AvgIpc) is 2.42.